The second-order valence-electron chi connectivity index (χ2n) is 4.39. The highest BCUT2D eigenvalue weighted by molar-refractivity contribution is 5.76. The van der Waals surface area contributed by atoms with Crippen LogP contribution in [0.25, 0.3) is 0 Å². The van der Waals surface area contributed by atoms with Crippen LogP contribution in [0.5, 0.6) is 0 Å². The highest BCUT2D eigenvalue weighted by atomic mass is 16.6. The molecule has 0 aliphatic heterocycles. The first-order valence-electron chi connectivity index (χ1n) is 6.04. The van der Waals surface area contributed by atoms with Gasteiger partial charge in [0.25, 0.3) is 0 Å². The molecule has 0 atom stereocenters. The molecule has 0 aliphatic rings. The van der Waals surface area contributed by atoms with E-state index in [1.165, 1.54) is 16.9 Å². The van der Waals surface area contributed by atoms with Crippen LogP contribution in [-0.4, -0.2) is 49.8 Å². The molecule has 8 nitrogen and oxygen atoms in total. The maximum atomic E-state index is 12.1. The number of aliphatic hydroxyl groups excluding tert-OH is 1. The quantitative estimate of drug-likeness (QED) is 0.571. The summed E-state index contributed by atoms with van der Waals surface area (Å²) in [6.07, 6.45) is 1.91. The Kier molecular flexibility index (Phi) is 5.43. The summed E-state index contributed by atoms with van der Waals surface area (Å²) in [5.74, 6) is -0.458. The fraction of sp³-hybridized carbons (Fsp3) is 0.636. The number of nitro groups is 1. The van der Waals surface area contributed by atoms with Gasteiger partial charge in [0.2, 0.25) is 5.91 Å². The van der Waals surface area contributed by atoms with Gasteiger partial charge in [-0.1, -0.05) is 0 Å². The van der Waals surface area contributed by atoms with Gasteiger partial charge >= 0.3 is 5.82 Å². The third-order valence-corrected chi connectivity index (χ3v) is 2.61. The van der Waals surface area contributed by atoms with Crippen LogP contribution in [0.4, 0.5) is 5.82 Å². The summed E-state index contributed by atoms with van der Waals surface area (Å²) in [6.45, 7) is 4.18. The minimum absolute atomic E-state index is 0.00426. The number of rotatable bonds is 7. The van der Waals surface area contributed by atoms with Crippen molar-refractivity contribution in [1.29, 1.82) is 0 Å². The van der Waals surface area contributed by atoms with Gasteiger partial charge in [-0.25, -0.2) is 0 Å². The first-order valence-corrected chi connectivity index (χ1v) is 6.04. The molecular weight excluding hydrogens is 252 g/mol. The summed E-state index contributed by atoms with van der Waals surface area (Å²) >= 11 is 0. The van der Waals surface area contributed by atoms with Crippen LogP contribution in [0.3, 0.4) is 0 Å². The minimum atomic E-state index is -0.604. The number of nitrogens with zero attached hydrogens (tertiary/aromatic N) is 4. The first-order chi connectivity index (χ1) is 8.95. The van der Waals surface area contributed by atoms with E-state index in [1.54, 1.807) is 4.90 Å². The monoisotopic (exact) mass is 270 g/mol. The Morgan fingerprint density at radius 1 is 1.63 bits per heavy atom. The zero-order valence-electron chi connectivity index (χ0n) is 11.0. The fourth-order valence-electron chi connectivity index (χ4n) is 1.68. The number of amides is 1. The number of carbonyl (C=O) groups excluding carboxylic acids is 1. The van der Waals surface area contributed by atoms with Crippen molar-refractivity contribution in [3.8, 4) is 0 Å². The molecule has 1 N–H and O–H groups in total. The number of aromatic nitrogens is 2. The topological polar surface area (TPSA) is 102 Å². The maximum absolute atomic E-state index is 12.1. The van der Waals surface area contributed by atoms with Crippen molar-refractivity contribution >= 4 is 11.7 Å². The number of hydrogen-bond donors (Lipinski definition) is 1. The molecule has 19 heavy (non-hydrogen) atoms. The molecule has 0 fully saturated rings. The molecule has 0 saturated heterocycles. The maximum Gasteiger partial charge on any atom is 0.389 e. The largest absolute Gasteiger partial charge is 0.396 e. The average molecular weight is 270 g/mol. The molecule has 0 bridgehead atoms. The third-order valence-electron chi connectivity index (χ3n) is 2.61. The van der Waals surface area contributed by atoms with Gasteiger partial charge in [-0.2, -0.15) is 4.68 Å². The summed E-state index contributed by atoms with van der Waals surface area (Å²) in [4.78, 5) is 23.6. The molecule has 0 radical (unpaired) electrons. The van der Waals surface area contributed by atoms with Crippen LogP contribution < -0.4 is 0 Å². The minimum Gasteiger partial charge on any atom is -0.396 e. The van der Waals surface area contributed by atoms with Gasteiger partial charge in [-0.05, 0) is 25.2 Å². The Labute approximate surface area is 110 Å². The lowest BCUT2D eigenvalue weighted by molar-refractivity contribution is -0.389. The van der Waals surface area contributed by atoms with Crippen LogP contribution in [0, 0.1) is 10.1 Å². The zero-order valence-corrected chi connectivity index (χ0v) is 11.0. The molecule has 8 heteroatoms. The SMILES string of the molecule is CC(C)N(CCCO)C(=O)Cn1ccc([N+](=O)[O-])n1. The van der Waals surface area contributed by atoms with E-state index < -0.39 is 4.92 Å². The van der Waals surface area contributed by atoms with Gasteiger partial charge in [0, 0.05) is 19.2 Å². The van der Waals surface area contributed by atoms with E-state index in [2.05, 4.69) is 5.10 Å². The van der Waals surface area contributed by atoms with Gasteiger partial charge in [-0.3, -0.25) is 4.79 Å². The molecule has 106 valence electrons. The molecule has 0 unspecified atom stereocenters. The predicted molar refractivity (Wildman–Crippen MR) is 67.4 cm³/mol. The molecule has 1 heterocycles. The van der Waals surface area contributed by atoms with Crippen molar-refractivity contribution in [3.63, 3.8) is 0 Å². The van der Waals surface area contributed by atoms with Gasteiger partial charge < -0.3 is 20.1 Å². The molecule has 1 aromatic heterocycles. The van der Waals surface area contributed by atoms with Crippen LogP contribution in [0.1, 0.15) is 20.3 Å². The van der Waals surface area contributed by atoms with Gasteiger partial charge in [0.1, 0.15) is 6.54 Å². The first kappa shape index (κ1) is 15.1. The van der Waals surface area contributed by atoms with Crippen molar-refractivity contribution < 1.29 is 14.8 Å². The Morgan fingerprint density at radius 2 is 2.32 bits per heavy atom. The normalized spacial score (nSPS) is 10.7. The van der Waals surface area contributed by atoms with Gasteiger partial charge in [0.05, 0.1) is 17.4 Å². The summed E-state index contributed by atoms with van der Waals surface area (Å²) in [5, 5.41) is 23.0. The highest BCUT2D eigenvalue weighted by Gasteiger charge is 2.19. The number of hydrogen-bond acceptors (Lipinski definition) is 5. The second kappa shape index (κ2) is 6.83. The van der Waals surface area contributed by atoms with E-state index in [0.29, 0.717) is 13.0 Å². The van der Waals surface area contributed by atoms with E-state index in [0.717, 1.165) is 0 Å². The van der Waals surface area contributed by atoms with Crippen LogP contribution in [0.15, 0.2) is 12.3 Å². The second-order valence-corrected chi connectivity index (χ2v) is 4.39. The lowest BCUT2D eigenvalue weighted by atomic mass is 10.3. The predicted octanol–water partition coefficient (Wildman–Crippen LogP) is 0.411. The Morgan fingerprint density at radius 3 is 2.79 bits per heavy atom. The van der Waals surface area contributed by atoms with Crippen LogP contribution in [0.2, 0.25) is 0 Å². The zero-order chi connectivity index (χ0) is 14.4. The molecule has 1 amide bonds. The van der Waals surface area contributed by atoms with Crippen molar-refractivity contribution in [3.05, 3.63) is 22.4 Å². The molecule has 0 aliphatic carbocycles. The standard InChI is InChI=1S/C11H18N4O4/c1-9(2)14(5-3-7-16)11(17)8-13-6-4-10(12-13)15(18)19/h4,6,9,16H,3,5,7-8H2,1-2H3. The molecule has 0 aromatic carbocycles. The van der Waals surface area contributed by atoms with Crippen molar-refractivity contribution in [2.24, 2.45) is 0 Å². The van der Waals surface area contributed by atoms with E-state index in [1.807, 2.05) is 13.8 Å². The van der Waals surface area contributed by atoms with Crippen molar-refractivity contribution in [2.75, 3.05) is 13.2 Å². The van der Waals surface area contributed by atoms with Gasteiger partial charge in [-0.15, -0.1) is 0 Å². The highest BCUT2D eigenvalue weighted by Crippen LogP contribution is 2.07. The molecule has 1 aromatic rings. The molecular formula is C11H18N4O4. The average Bonchev–Trinajstić information content (AvgIpc) is 2.77. The van der Waals surface area contributed by atoms with E-state index in [-0.39, 0.29) is 30.9 Å². The summed E-state index contributed by atoms with van der Waals surface area (Å²) in [5.41, 5.74) is 0. The Bertz CT molecular complexity index is 444. The van der Waals surface area contributed by atoms with Crippen LogP contribution in [-0.2, 0) is 11.3 Å². The molecule has 1 rings (SSSR count). The Balaban J connectivity index is 2.67. The summed E-state index contributed by atoms with van der Waals surface area (Å²) < 4.78 is 1.24. The van der Waals surface area contributed by atoms with Crippen molar-refractivity contribution in [1.82, 2.24) is 14.7 Å². The molecule has 0 spiro atoms. The van der Waals surface area contributed by atoms with Gasteiger partial charge in [0.15, 0.2) is 0 Å². The van der Waals surface area contributed by atoms with Crippen molar-refractivity contribution in [2.45, 2.75) is 32.9 Å². The van der Waals surface area contributed by atoms with E-state index in [4.69, 9.17) is 5.11 Å². The summed E-state index contributed by atoms with van der Waals surface area (Å²) in [6, 6.07) is 1.25. The van der Waals surface area contributed by atoms with E-state index >= 15 is 0 Å². The Hall–Kier alpha value is -1.96. The lowest BCUT2D eigenvalue weighted by Gasteiger charge is -2.26. The number of aliphatic hydroxyl groups is 1. The number of carbonyl (C=O) groups is 1. The summed E-state index contributed by atoms with van der Waals surface area (Å²) in [7, 11) is 0. The molecule has 0 saturated carbocycles. The fourth-order valence-corrected chi connectivity index (χ4v) is 1.68. The smallest absolute Gasteiger partial charge is 0.389 e. The van der Waals surface area contributed by atoms with E-state index in [9.17, 15) is 14.9 Å². The van der Waals surface area contributed by atoms with Crippen LogP contribution >= 0.6 is 0 Å². The lowest BCUT2D eigenvalue weighted by Crippen LogP contribution is -2.40. The third kappa shape index (κ3) is 4.32.